The van der Waals surface area contributed by atoms with Crippen LogP contribution in [0.25, 0.3) is 0 Å². The summed E-state index contributed by atoms with van der Waals surface area (Å²) in [6.45, 7) is 0. The Labute approximate surface area is 162 Å². The lowest BCUT2D eigenvalue weighted by molar-refractivity contribution is -0.140. The summed E-state index contributed by atoms with van der Waals surface area (Å²) in [5, 5.41) is 7.35. The van der Waals surface area contributed by atoms with Crippen LogP contribution in [-0.4, -0.2) is 52.6 Å². The third-order valence-electron chi connectivity index (χ3n) is 5.80. The molecule has 4 unspecified atom stereocenters. The number of hydrogen-bond donors (Lipinski definition) is 2. The van der Waals surface area contributed by atoms with Gasteiger partial charge in [-0.05, 0) is 30.5 Å². The molecule has 2 N–H and O–H groups in total. The molecular formula is C19H25FN4O2S. The molecule has 0 aromatic heterocycles. The van der Waals surface area contributed by atoms with E-state index in [4.69, 9.17) is 0 Å². The average Bonchev–Trinajstić information content (AvgIpc) is 3.17. The standard InChI is InChI=1S/C19H25FN4O2S/c1-23-16-14(18(25)24(2)19(23)26)17(27-13-5-3-4-6-13)22-15(21-16)11-7-9-12(20)10-8-11/h7-10,13-17,21-22H,3-6H2,1-2H3. The Kier molecular flexibility index (Phi) is 5.13. The van der Waals surface area contributed by atoms with E-state index >= 15 is 0 Å². The minimum Gasteiger partial charge on any atom is -0.311 e. The van der Waals surface area contributed by atoms with Crippen molar-refractivity contribution in [2.45, 2.75) is 48.6 Å². The molecule has 1 saturated carbocycles. The summed E-state index contributed by atoms with van der Waals surface area (Å²) in [7, 11) is 3.26. The molecule has 0 bridgehead atoms. The van der Waals surface area contributed by atoms with E-state index in [1.54, 1.807) is 31.1 Å². The van der Waals surface area contributed by atoms with E-state index in [-0.39, 0.29) is 35.2 Å². The molecule has 2 heterocycles. The van der Waals surface area contributed by atoms with Gasteiger partial charge in [-0.25, -0.2) is 9.18 Å². The summed E-state index contributed by atoms with van der Waals surface area (Å²) < 4.78 is 13.3. The van der Waals surface area contributed by atoms with Crippen LogP contribution in [0.4, 0.5) is 9.18 Å². The number of halogens is 1. The highest BCUT2D eigenvalue weighted by molar-refractivity contribution is 8.00. The first kappa shape index (κ1) is 18.7. The van der Waals surface area contributed by atoms with Crippen LogP contribution in [0, 0.1) is 11.7 Å². The first-order valence-electron chi connectivity index (χ1n) is 9.43. The second-order valence-electron chi connectivity index (χ2n) is 7.54. The smallest absolute Gasteiger partial charge is 0.311 e. The topological polar surface area (TPSA) is 64.7 Å². The van der Waals surface area contributed by atoms with Crippen LogP contribution in [0.2, 0.25) is 0 Å². The van der Waals surface area contributed by atoms with Gasteiger partial charge in [0.1, 0.15) is 5.82 Å². The molecule has 3 fully saturated rings. The zero-order valence-corrected chi connectivity index (χ0v) is 16.3. The van der Waals surface area contributed by atoms with Crippen molar-refractivity contribution in [2.24, 2.45) is 5.92 Å². The molecule has 2 aliphatic heterocycles. The van der Waals surface area contributed by atoms with Gasteiger partial charge in [-0.3, -0.25) is 20.3 Å². The van der Waals surface area contributed by atoms with Gasteiger partial charge in [0, 0.05) is 19.3 Å². The Morgan fingerprint density at radius 3 is 2.41 bits per heavy atom. The fourth-order valence-electron chi connectivity index (χ4n) is 4.25. The van der Waals surface area contributed by atoms with E-state index in [2.05, 4.69) is 10.6 Å². The lowest BCUT2D eigenvalue weighted by Gasteiger charge is -2.50. The van der Waals surface area contributed by atoms with Crippen molar-refractivity contribution in [1.82, 2.24) is 20.4 Å². The van der Waals surface area contributed by atoms with E-state index < -0.39 is 6.17 Å². The van der Waals surface area contributed by atoms with Crippen LogP contribution in [0.3, 0.4) is 0 Å². The second-order valence-corrected chi connectivity index (χ2v) is 8.99. The Bertz CT molecular complexity index is 725. The third kappa shape index (κ3) is 3.46. The van der Waals surface area contributed by atoms with Gasteiger partial charge in [0.05, 0.1) is 23.6 Å². The van der Waals surface area contributed by atoms with Crippen molar-refractivity contribution in [1.29, 1.82) is 0 Å². The number of nitrogens with zero attached hydrogens (tertiary/aromatic N) is 2. The molecule has 3 aliphatic rings. The highest BCUT2D eigenvalue weighted by Crippen LogP contribution is 2.39. The molecule has 2 saturated heterocycles. The summed E-state index contributed by atoms with van der Waals surface area (Å²) in [5.74, 6) is -0.803. The van der Waals surface area contributed by atoms with Crippen LogP contribution in [0.5, 0.6) is 0 Å². The lowest BCUT2D eigenvalue weighted by atomic mass is 9.96. The average molecular weight is 393 g/mol. The normalized spacial score (nSPS) is 32.1. The van der Waals surface area contributed by atoms with E-state index in [1.807, 2.05) is 11.8 Å². The van der Waals surface area contributed by atoms with Crippen molar-refractivity contribution in [3.8, 4) is 0 Å². The van der Waals surface area contributed by atoms with Crippen molar-refractivity contribution in [2.75, 3.05) is 14.1 Å². The molecule has 4 atom stereocenters. The SMILES string of the molecule is CN1C(=O)C2C(SC3CCCC3)NC(c3ccc(F)cc3)NC2N(C)C1=O. The number of urea groups is 1. The number of nitrogens with one attached hydrogen (secondary N) is 2. The van der Waals surface area contributed by atoms with E-state index in [1.165, 1.54) is 29.9 Å². The first-order chi connectivity index (χ1) is 13.0. The molecule has 27 heavy (non-hydrogen) atoms. The maximum Gasteiger partial charge on any atom is 0.327 e. The van der Waals surface area contributed by atoms with Gasteiger partial charge < -0.3 is 4.90 Å². The monoisotopic (exact) mass is 392 g/mol. The minimum absolute atomic E-state index is 0.111. The number of rotatable bonds is 3. The zero-order valence-electron chi connectivity index (χ0n) is 15.5. The largest absolute Gasteiger partial charge is 0.327 e. The number of carbonyl (C=O) groups excluding carboxylic acids is 2. The summed E-state index contributed by atoms with van der Waals surface area (Å²) in [6, 6.07) is 6.02. The van der Waals surface area contributed by atoms with Gasteiger partial charge in [-0.1, -0.05) is 25.0 Å². The fraction of sp³-hybridized carbons (Fsp3) is 0.579. The molecule has 146 valence electrons. The predicted molar refractivity (Wildman–Crippen MR) is 102 cm³/mol. The van der Waals surface area contributed by atoms with E-state index in [9.17, 15) is 14.0 Å². The van der Waals surface area contributed by atoms with Crippen LogP contribution in [0.1, 0.15) is 37.4 Å². The van der Waals surface area contributed by atoms with Gasteiger partial charge in [-0.2, -0.15) is 0 Å². The lowest BCUT2D eigenvalue weighted by Crippen LogP contribution is -2.72. The van der Waals surface area contributed by atoms with Crippen LogP contribution in [0.15, 0.2) is 24.3 Å². The molecule has 1 aromatic carbocycles. The summed E-state index contributed by atoms with van der Waals surface area (Å²) in [6.07, 6.45) is 4.13. The summed E-state index contributed by atoms with van der Waals surface area (Å²) >= 11 is 1.81. The van der Waals surface area contributed by atoms with Crippen molar-refractivity contribution >= 4 is 23.7 Å². The summed E-state index contributed by atoms with van der Waals surface area (Å²) in [4.78, 5) is 28.2. The highest BCUT2D eigenvalue weighted by Gasteiger charge is 2.51. The fourth-order valence-corrected chi connectivity index (χ4v) is 5.92. The first-order valence-corrected chi connectivity index (χ1v) is 10.4. The summed E-state index contributed by atoms with van der Waals surface area (Å²) in [5.41, 5.74) is 0.888. The Balaban J connectivity index is 1.64. The number of amides is 3. The Morgan fingerprint density at radius 2 is 1.74 bits per heavy atom. The number of benzene rings is 1. The molecule has 1 aromatic rings. The highest BCUT2D eigenvalue weighted by atomic mass is 32.2. The number of fused-ring (bicyclic) bond motifs is 1. The third-order valence-corrected chi connectivity index (χ3v) is 7.38. The maximum atomic E-state index is 13.3. The molecule has 4 rings (SSSR count). The predicted octanol–water partition coefficient (Wildman–Crippen LogP) is 2.49. The second kappa shape index (κ2) is 7.41. The quantitative estimate of drug-likeness (QED) is 0.828. The van der Waals surface area contributed by atoms with Gasteiger partial charge in [-0.15, -0.1) is 11.8 Å². The van der Waals surface area contributed by atoms with E-state index in [0.717, 1.165) is 18.4 Å². The van der Waals surface area contributed by atoms with Crippen LogP contribution < -0.4 is 10.6 Å². The number of imide groups is 1. The minimum atomic E-state index is -0.392. The molecular weight excluding hydrogens is 367 g/mol. The Hall–Kier alpha value is -1.64. The van der Waals surface area contributed by atoms with Gasteiger partial charge in [0.25, 0.3) is 0 Å². The van der Waals surface area contributed by atoms with Crippen LogP contribution >= 0.6 is 11.8 Å². The van der Waals surface area contributed by atoms with Gasteiger partial charge >= 0.3 is 6.03 Å². The van der Waals surface area contributed by atoms with Crippen molar-refractivity contribution in [3.05, 3.63) is 35.6 Å². The zero-order chi connectivity index (χ0) is 19.1. The number of thioether (sulfide) groups is 1. The number of hydrogen-bond acceptors (Lipinski definition) is 5. The molecule has 0 radical (unpaired) electrons. The van der Waals surface area contributed by atoms with Crippen molar-refractivity contribution < 1.29 is 14.0 Å². The van der Waals surface area contributed by atoms with E-state index in [0.29, 0.717) is 5.25 Å². The number of carbonyl (C=O) groups is 2. The molecule has 8 heteroatoms. The molecule has 3 amide bonds. The molecule has 6 nitrogen and oxygen atoms in total. The molecule has 0 spiro atoms. The van der Waals surface area contributed by atoms with Gasteiger partial charge in [0.2, 0.25) is 5.91 Å². The maximum absolute atomic E-state index is 13.3. The van der Waals surface area contributed by atoms with Crippen molar-refractivity contribution in [3.63, 3.8) is 0 Å². The van der Waals surface area contributed by atoms with Crippen LogP contribution in [-0.2, 0) is 4.79 Å². The van der Waals surface area contributed by atoms with Gasteiger partial charge in [0.15, 0.2) is 0 Å². The Morgan fingerprint density at radius 1 is 1.07 bits per heavy atom. The molecule has 1 aliphatic carbocycles.